The van der Waals surface area contributed by atoms with Crippen molar-refractivity contribution in [1.29, 1.82) is 0 Å². The summed E-state index contributed by atoms with van der Waals surface area (Å²) < 4.78 is 1.97. The van der Waals surface area contributed by atoms with E-state index in [2.05, 4.69) is 23.0 Å². The highest BCUT2D eigenvalue weighted by Crippen LogP contribution is 2.22. The molecule has 1 fully saturated rings. The molecule has 0 aromatic carbocycles. The van der Waals surface area contributed by atoms with Crippen LogP contribution in [0, 0.1) is 0 Å². The maximum atomic E-state index is 5.92. The van der Waals surface area contributed by atoms with E-state index in [0.717, 1.165) is 23.9 Å². The smallest absolute Gasteiger partial charge is 0.141 e. The predicted molar refractivity (Wildman–Crippen MR) is 73.6 cm³/mol. The average Bonchev–Trinajstić information content (AvgIpc) is 2.98. The molecule has 0 bridgehead atoms. The minimum atomic E-state index is 0.734. The van der Waals surface area contributed by atoms with E-state index >= 15 is 0 Å². The molecule has 4 heteroatoms. The zero-order valence-electron chi connectivity index (χ0n) is 10.8. The number of hydrogen-bond donors (Lipinski definition) is 1. The van der Waals surface area contributed by atoms with Crippen LogP contribution in [0.15, 0.2) is 24.5 Å². The number of imidazole rings is 1. The SMILES string of the molecule is CN1CCCC1CCc1ccc(N)n2ccnc12. The molecule has 1 saturated heterocycles. The molecule has 0 radical (unpaired) electrons. The van der Waals surface area contributed by atoms with Crippen molar-refractivity contribution < 1.29 is 0 Å². The molecule has 4 nitrogen and oxygen atoms in total. The minimum Gasteiger partial charge on any atom is -0.385 e. The largest absolute Gasteiger partial charge is 0.385 e. The second-order valence-electron chi connectivity index (χ2n) is 5.22. The molecule has 96 valence electrons. The first kappa shape index (κ1) is 11.5. The Hall–Kier alpha value is -1.55. The van der Waals surface area contributed by atoms with E-state index in [0.29, 0.717) is 0 Å². The molecule has 2 aromatic rings. The fourth-order valence-electron chi connectivity index (χ4n) is 2.95. The fourth-order valence-corrected chi connectivity index (χ4v) is 2.95. The number of nitrogens with zero attached hydrogens (tertiary/aromatic N) is 3. The predicted octanol–water partition coefficient (Wildman–Crippen LogP) is 1.94. The van der Waals surface area contributed by atoms with Gasteiger partial charge in [-0.05, 0) is 50.9 Å². The standard InChI is InChI=1S/C14H20N4/c1-17-9-2-3-12(17)6-4-11-5-7-13(15)18-10-8-16-14(11)18/h5,7-8,10,12H,2-4,6,9,15H2,1H3. The highest BCUT2D eigenvalue weighted by atomic mass is 15.1. The van der Waals surface area contributed by atoms with Crippen LogP contribution in [0.5, 0.6) is 0 Å². The molecule has 18 heavy (non-hydrogen) atoms. The first-order valence-electron chi connectivity index (χ1n) is 6.66. The molecule has 2 aromatic heterocycles. The van der Waals surface area contributed by atoms with Gasteiger partial charge < -0.3 is 10.6 Å². The average molecular weight is 244 g/mol. The molecule has 2 N–H and O–H groups in total. The lowest BCUT2D eigenvalue weighted by atomic mass is 10.0. The van der Waals surface area contributed by atoms with Crippen LogP contribution in [0.2, 0.25) is 0 Å². The third kappa shape index (κ3) is 1.97. The van der Waals surface area contributed by atoms with Crippen LogP contribution >= 0.6 is 0 Å². The molecule has 0 amide bonds. The van der Waals surface area contributed by atoms with Gasteiger partial charge >= 0.3 is 0 Å². The van der Waals surface area contributed by atoms with E-state index in [4.69, 9.17) is 5.73 Å². The van der Waals surface area contributed by atoms with Crippen LogP contribution < -0.4 is 5.73 Å². The topological polar surface area (TPSA) is 46.6 Å². The van der Waals surface area contributed by atoms with Gasteiger partial charge in [0.25, 0.3) is 0 Å². The number of anilines is 1. The van der Waals surface area contributed by atoms with Gasteiger partial charge in [-0.15, -0.1) is 0 Å². The number of pyridine rings is 1. The molecule has 1 aliphatic rings. The number of fused-ring (bicyclic) bond motifs is 1. The summed E-state index contributed by atoms with van der Waals surface area (Å²) in [6, 6.07) is 4.83. The molecule has 3 heterocycles. The zero-order valence-corrected chi connectivity index (χ0v) is 10.8. The number of aromatic nitrogens is 2. The molecule has 0 spiro atoms. The van der Waals surface area contributed by atoms with Crippen molar-refractivity contribution in [2.24, 2.45) is 0 Å². The van der Waals surface area contributed by atoms with Crippen LogP contribution in [0.3, 0.4) is 0 Å². The van der Waals surface area contributed by atoms with Gasteiger partial charge in [0.2, 0.25) is 0 Å². The van der Waals surface area contributed by atoms with Gasteiger partial charge in [0.05, 0.1) is 0 Å². The number of nitrogen functional groups attached to an aromatic ring is 1. The van der Waals surface area contributed by atoms with Crippen molar-refractivity contribution in [1.82, 2.24) is 14.3 Å². The molecular weight excluding hydrogens is 224 g/mol. The van der Waals surface area contributed by atoms with Gasteiger partial charge in [-0.3, -0.25) is 4.40 Å². The molecule has 1 atom stereocenters. The summed E-state index contributed by atoms with van der Waals surface area (Å²) in [5.74, 6) is 0.754. The van der Waals surface area contributed by atoms with Crippen molar-refractivity contribution in [3.05, 3.63) is 30.1 Å². The quantitative estimate of drug-likeness (QED) is 0.897. The molecule has 3 rings (SSSR count). The number of hydrogen-bond acceptors (Lipinski definition) is 3. The Morgan fingerprint density at radius 1 is 1.44 bits per heavy atom. The van der Waals surface area contributed by atoms with E-state index < -0.39 is 0 Å². The van der Waals surface area contributed by atoms with Crippen molar-refractivity contribution in [3.8, 4) is 0 Å². The zero-order chi connectivity index (χ0) is 12.5. The Morgan fingerprint density at radius 3 is 3.11 bits per heavy atom. The normalized spacial score (nSPS) is 20.8. The summed E-state index contributed by atoms with van der Waals surface area (Å²) in [6.45, 7) is 1.24. The highest BCUT2D eigenvalue weighted by Gasteiger charge is 2.20. The molecule has 1 unspecified atom stereocenters. The Kier molecular flexibility index (Phi) is 2.96. The van der Waals surface area contributed by atoms with Crippen molar-refractivity contribution in [2.45, 2.75) is 31.7 Å². The van der Waals surface area contributed by atoms with E-state index in [-0.39, 0.29) is 0 Å². The molecule has 1 aliphatic heterocycles. The second kappa shape index (κ2) is 4.61. The van der Waals surface area contributed by atoms with Gasteiger partial charge in [-0.25, -0.2) is 4.98 Å². The van der Waals surface area contributed by atoms with Crippen molar-refractivity contribution >= 4 is 11.5 Å². The molecular formula is C14H20N4. The van der Waals surface area contributed by atoms with Crippen LogP contribution in [0.1, 0.15) is 24.8 Å². The summed E-state index contributed by atoms with van der Waals surface area (Å²) in [7, 11) is 2.23. The van der Waals surface area contributed by atoms with Crippen molar-refractivity contribution in [3.63, 3.8) is 0 Å². The first-order chi connectivity index (χ1) is 8.75. The molecule has 0 saturated carbocycles. The first-order valence-corrected chi connectivity index (χ1v) is 6.66. The van der Waals surface area contributed by atoms with Crippen LogP contribution in [-0.2, 0) is 6.42 Å². The summed E-state index contributed by atoms with van der Waals surface area (Å²) in [6.07, 6.45) is 8.70. The lowest BCUT2D eigenvalue weighted by molar-refractivity contribution is 0.297. The number of rotatable bonds is 3. The molecule has 0 aliphatic carbocycles. The van der Waals surface area contributed by atoms with Crippen molar-refractivity contribution in [2.75, 3.05) is 19.3 Å². The van der Waals surface area contributed by atoms with Crippen LogP contribution in [0.4, 0.5) is 5.82 Å². The number of aryl methyl sites for hydroxylation is 1. The fraction of sp³-hybridized carbons (Fsp3) is 0.500. The van der Waals surface area contributed by atoms with Gasteiger partial charge in [0.1, 0.15) is 11.5 Å². The van der Waals surface area contributed by atoms with E-state index in [1.807, 2.05) is 22.9 Å². The van der Waals surface area contributed by atoms with Gasteiger partial charge in [-0.1, -0.05) is 6.07 Å². The Labute approximate surface area is 107 Å². The number of nitrogens with two attached hydrogens (primary N) is 1. The van der Waals surface area contributed by atoms with Gasteiger partial charge in [0, 0.05) is 18.4 Å². The van der Waals surface area contributed by atoms with Crippen LogP contribution in [-0.4, -0.2) is 33.9 Å². The third-order valence-electron chi connectivity index (χ3n) is 4.08. The Bertz CT molecular complexity index is 546. The third-order valence-corrected chi connectivity index (χ3v) is 4.08. The second-order valence-corrected chi connectivity index (χ2v) is 5.22. The maximum absolute atomic E-state index is 5.92. The summed E-state index contributed by atoms with van der Waals surface area (Å²) in [5.41, 5.74) is 8.23. The Balaban J connectivity index is 1.78. The maximum Gasteiger partial charge on any atom is 0.141 e. The minimum absolute atomic E-state index is 0.734. The lowest BCUT2D eigenvalue weighted by Crippen LogP contribution is -2.25. The van der Waals surface area contributed by atoms with Crippen LogP contribution in [0.25, 0.3) is 5.65 Å². The monoisotopic (exact) mass is 244 g/mol. The summed E-state index contributed by atoms with van der Waals surface area (Å²) in [4.78, 5) is 6.89. The van der Waals surface area contributed by atoms with E-state index in [1.165, 1.54) is 31.4 Å². The summed E-state index contributed by atoms with van der Waals surface area (Å²) >= 11 is 0. The van der Waals surface area contributed by atoms with Gasteiger partial charge in [-0.2, -0.15) is 0 Å². The van der Waals surface area contributed by atoms with E-state index in [9.17, 15) is 0 Å². The Morgan fingerprint density at radius 2 is 2.33 bits per heavy atom. The highest BCUT2D eigenvalue weighted by molar-refractivity contribution is 5.54. The number of likely N-dealkylation sites (tertiary alicyclic amines) is 1. The van der Waals surface area contributed by atoms with Gasteiger partial charge in [0.15, 0.2) is 0 Å². The lowest BCUT2D eigenvalue weighted by Gasteiger charge is -2.19. The van der Waals surface area contributed by atoms with E-state index in [1.54, 1.807) is 0 Å². The summed E-state index contributed by atoms with van der Waals surface area (Å²) in [5, 5.41) is 0.